The smallest absolute Gasteiger partial charge is 0.333 e. The molecule has 1 fully saturated rings. The Hall–Kier alpha value is -1.81. The molecule has 1 N–H and O–H groups in total. The molecule has 1 unspecified atom stereocenters. The summed E-state index contributed by atoms with van der Waals surface area (Å²) >= 11 is 0. The number of aliphatic hydroxyl groups is 1. The van der Waals surface area contributed by atoms with Gasteiger partial charge in [-0.3, -0.25) is 0 Å². The van der Waals surface area contributed by atoms with Crippen molar-refractivity contribution in [2.45, 2.75) is 71.6 Å². The van der Waals surface area contributed by atoms with Gasteiger partial charge in [0.15, 0.2) is 0 Å². The summed E-state index contributed by atoms with van der Waals surface area (Å²) in [5.41, 5.74) is 1.47. The molecular weight excluding hydrogens is 376 g/mol. The largest absolute Gasteiger partial charge is 0.493 e. The van der Waals surface area contributed by atoms with Crippen LogP contribution in [0.4, 0.5) is 0 Å². The molecule has 1 atom stereocenters. The Morgan fingerprint density at radius 2 is 1.80 bits per heavy atom. The minimum absolute atomic E-state index is 0.0250. The van der Waals surface area contributed by atoms with Crippen LogP contribution < -0.4 is 4.74 Å². The maximum Gasteiger partial charge on any atom is 0.333 e. The molecule has 0 amide bonds. The van der Waals surface area contributed by atoms with Crippen molar-refractivity contribution in [3.63, 3.8) is 0 Å². The van der Waals surface area contributed by atoms with Gasteiger partial charge in [0.25, 0.3) is 0 Å². The van der Waals surface area contributed by atoms with E-state index < -0.39 is 5.97 Å². The van der Waals surface area contributed by atoms with Crippen LogP contribution in [0.5, 0.6) is 5.75 Å². The summed E-state index contributed by atoms with van der Waals surface area (Å²) in [5.74, 6) is 1.98. The van der Waals surface area contributed by atoms with E-state index in [4.69, 9.17) is 9.47 Å². The predicted molar refractivity (Wildman–Crippen MR) is 122 cm³/mol. The van der Waals surface area contributed by atoms with Gasteiger partial charge in [-0.15, -0.1) is 0 Å². The highest BCUT2D eigenvalue weighted by atomic mass is 16.5. The number of rotatable bonds is 13. The van der Waals surface area contributed by atoms with Crippen molar-refractivity contribution in [1.29, 1.82) is 0 Å². The third-order valence-electron chi connectivity index (χ3n) is 6.17. The van der Waals surface area contributed by atoms with Crippen molar-refractivity contribution in [3.05, 3.63) is 42.0 Å². The van der Waals surface area contributed by atoms with Gasteiger partial charge in [-0.1, -0.05) is 64.2 Å². The van der Waals surface area contributed by atoms with Gasteiger partial charge in [-0.2, -0.15) is 0 Å². The molecule has 168 valence electrons. The summed E-state index contributed by atoms with van der Waals surface area (Å²) < 4.78 is 11.2. The summed E-state index contributed by atoms with van der Waals surface area (Å²) in [7, 11) is 0. The third kappa shape index (κ3) is 8.91. The van der Waals surface area contributed by atoms with Gasteiger partial charge in [-0.05, 0) is 55.7 Å². The fraction of sp³-hybridized carbons (Fsp3) is 0.654. The lowest BCUT2D eigenvalue weighted by molar-refractivity contribution is -0.140. The molecule has 30 heavy (non-hydrogen) atoms. The van der Waals surface area contributed by atoms with Crippen molar-refractivity contribution < 1.29 is 19.4 Å². The third-order valence-corrected chi connectivity index (χ3v) is 6.17. The monoisotopic (exact) mass is 416 g/mol. The molecule has 1 saturated carbocycles. The summed E-state index contributed by atoms with van der Waals surface area (Å²) in [6, 6.07) is 8.06. The first-order valence-electron chi connectivity index (χ1n) is 11.7. The van der Waals surface area contributed by atoms with E-state index in [1.54, 1.807) is 6.92 Å². The van der Waals surface area contributed by atoms with Gasteiger partial charge in [0, 0.05) is 18.1 Å². The van der Waals surface area contributed by atoms with Crippen molar-refractivity contribution in [1.82, 2.24) is 0 Å². The average molecular weight is 417 g/mol. The number of carbonyl (C=O) groups excluding carboxylic acids is 1. The molecule has 0 bridgehead atoms. The Kier molecular flexibility index (Phi) is 11.0. The van der Waals surface area contributed by atoms with E-state index in [-0.39, 0.29) is 19.1 Å². The van der Waals surface area contributed by atoms with Crippen LogP contribution in [0.1, 0.15) is 70.8 Å². The Morgan fingerprint density at radius 1 is 1.13 bits per heavy atom. The molecule has 0 heterocycles. The SMILES string of the molecule is C=C(C)C(=O)OCC(CO)Cc1ccc(OCC2CCC(CCCCC)CC2)cc1. The fourth-order valence-corrected chi connectivity index (χ4v) is 4.13. The normalized spacial score (nSPS) is 19.8. The number of unbranched alkanes of at least 4 members (excludes halogenated alkanes) is 2. The summed E-state index contributed by atoms with van der Waals surface area (Å²) in [5, 5.41) is 9.56. The second-order valence-electron chi connectivity index (χ2n) is 8.97. The standard InChI is InChI=1S/C26H40O4/c1-4-5-6-7-21-8-10-23(11-9-21)18-29-25-14-12-22(13-15-25)16-24(17-27)19-30-26(28)20(2)3/h12-15,21,23-24,27H,2,4-11,16-19H2,1,3H3. The molecule has 4 heteroatoms. The van der Waals surface area contributed by atoms with E-state index >= 15 is 0 Å². The second kappa shape index (κ2) is 13.5. The lowest BCUT2D eigenvalue weighted by Gasteiger charge is -2.28. The zero-order chi connectivity index (χ0) is 21.8. The topological polar surface area (TPSA) is 55.8 Å². The predicted octanol–water partition coefficient (Wildman–Crippen LogP) is 5.72. The van der Waals surface area contributed by atoms with E-state index in [2.05, 4.69) is 13.5 Å². The fourth-order valence-electron chi connectivity index (χ4n) is 4.13. The highest BCUT2D eigenvalue weighted by Gasteiger charge is 2.21. The van der Waals surface area contributed by atoms with E-state index in [9.17, 15) is 9.90 Å². The average Bonchev–Trinajstić information content (AvgIpc) is 2.76. The van der Waals surface area contributed by atoms with E-state index in [0.717, 1.165) is 23.8 Å². The van der Waals surface area contributed by atoms with E-state index in [1.165, 1.54) is 51.4 Å². The van der Waals surface area contributed by atoms with Gasteiger partial charge in [0.05, 0.1) is 13.2 Å². The van der Waals surface area contributed by atoms with Crippen LogP contribution in [0.3, 0.4) is 0 Å². The first-order valence-corrected chi connectivity index (χ1v) is 11.7. The van der Waals surface area contributed by atoms with Crippen molar-refractivity contribution in [2.24, 2.45) is 17.8 Å². The van der Waals surface area contributed by atoms with Crippen molar-refractivity contribution in [3.8, 4) is 5.75 Å². The number of esters is 1. The zero-order valence-corrected chi connectivity index (χ0v) is 18.9. The summed E-state index contributed by atoms with van der Waals surface area (Å²) in [4.78, 5) is 11.5. The molecule has 0 aromatic heterocycles. The molecule has 1 aliphatic rings. The van der Waals surface area contributed by atoms with E-state index in [1.807, 2.05) is 24.3 Å². The molecule has 0 aliphatic heterocycles. The van der Waals surface area contributed by atoms with Crippen molar-refractivity contribution >= 4 is 5.97 Å². The first-order chi connectivity index (χ1) is 14.5. The minimum atomic E-state index is -0.410. The van der Waals surface area contributed by atoms with Crippen LogP contribution in [-0.2, 0) is 16.0 Å². The number of carbonyl (C=O) groups is 1. The lowest BCUT2D eigenvalue weighted by Crippen LogP contribution is -2.20. The Labute approximate surface area is 182 Å². The van der Waals surface area contributed by atoms with Crippen LogP contribution >= 0.6 is 0 Å². The number of benzene rings is 1. The van der Waals surface area contributed by atoms with Crippen LogP contribution in [-0.4, -0.2) is 30.9 Å². The van der Waals surface area contributed by atoms with Crippen molar-refractivity contribution in [2.75, 3.05) is 19.8 Å². The number of aliphatic hydroxyl groups excluding tert-OH is 1. The highest BCUT2D eigenvalue weighted by Crippen LogP contribution is 2.32. The summed E-state index contributed by atoms with van der Waals surface area (Å²) in [6.45, 7) is 8.44. The quantitative estimate of drug-likeness (QED) is 0.254. The van der Waals surface area contributed by atoms with Crippen LogP contribution in [0.25, 0.3) is 0 Å². The molecule has 1 aliphatic carbocycles. The summed E-state index contributed by atoms with van der Waals surface area (Å²) in [6.07, 6.45) is 11.4. The molecule has 0 spiro atoms. The molecule has 1 aromatic carbocycles. The van der Waals surface area contributed by atoms with Gasteiger partial charge < -0.3 is 14.6 Å². The molecule has 2 rings (SSSR count). The number of hydrogen-bond acceptors (Lipinski definition) is 4. The highest BCUT2D eigenvalue weighted by molar-refractivity contribution is 5.86. The van der Waals surface area contributed by atoms with Crippen LogP contribution in [0.2, 0.25) is 0 Å². The maximum absolute atomic E-state index is 11.5. The zero-order valence-electron chi connectivity index (χ0n) is 18.9. The second-order valence-corrected chi connectivity index (χ2v) is 8.97. The maximum atomic E-state index is 11.5. The number of ether oxygens (including phenoxy) is 2. The van der Waals surface area contributed by atoms with Gasteiger partial charge in [0.1, 0.15) is 5.75 Å². The Morgan fingerprint density at radius 3 is 2.40 bits per heavy atom. The lowest BCUT2D eigenvalue weighted by atomic mass is 9.80. The number of hydrogen-bond donors (Lipinski definition) is 1. The van der Waals surface area contributed by atoms with Gasteiger partial charge >= 0.3 is 5.97 Å². The van der Waals surface area contributed by atoms with Crippen LogP contribution in [0, 0.1) is 17.8 Å². The molecule has 1 aromatic rings. The van der Waals surface area contributed by atoms with Crippen LogP contribution in [0.15, 0.2) is 36.4 Å². The van der Waals surface area contributed by atoms with E-state index in [0.29, 0.717) is 17.9 Å². The Balaban J connectivity index is 1.69. The molecule has 0 radical (unpaired) electrons. The minimum Gasteiger partial charge on any atom is -0.493 e. The molecular formula is C26H40O4. The molecule has 0 saturated heterocycles. The first kappa shape index (κ1) is 24.5. The van der Waals surface area contributed by atoms with Gasteiger partial charge in [-0.25, -0.2) is 4.79 Å². The Bertz CT molecular complexity index is 629. The molecule has 4 nitrogen and oxygen atoms in total. The van der Waals surface area contributed by atoms with Gasteiger partial charge in [0.2, 0.25) is 0 Å².